The van der Waals surface area contributed by atoms with Crippen molar-refractivity contribution in [3.8, 4) is 5.75 Å². The highest BCUT2D eigenvalue weighted by Gasteiger charge is 2.20. The molecular formula is C25H25FN4O2S2. The lowest BCUT2D eigenvalue weighted by Crippen LogP contribution is -2.33. The molecule has 0 aliphatic heterocycles. The number of methoxy groups -OCH3 is 1. The summed E-state index contributed by atoms with van der Waals surface area (Å²) in [5.74, 6) is 0.108. The molecule has 2 aromatic carbocycles. The van der Waals surface area contributed by atoms with Gasteiger partial charge in [0.1, 0.15) is 16.6 Å². The fourth-order valence-corrected chi connectivity index (χ4v) is 5.07. The Kier molecular flexibility index (Phi) is 7.99. The van der Waals surface area contributed by atoms with Crippen LogP contribution in [0.2, 0.25) is 0 Å². The number of halogens is 1. The smallest absolute Gasteiger partial charge is 0.286 e. The number of nitrogens with zero attached hydrogens (tertiary/aromatic N) is 3. The zero-order valence-electron chi connectivity index (χ0n) is 18.9. The molecule has 9 heteroatoms. The van der Waals surface area contributed by atoms with E-state index in [1.807, 2.05) is 12.1 Å². The Bertz CT molecular complexity index is 1190. The Hall–Kier alpha value is -3.14. The maximum absolute atomic E-state index is 13.1. The topological polar surface area (TPSA) is 67.3 Å². The van der Waals surface area contributed by atoms with E-state index < -0.39 is 0 Å². The molecule has 0 bridgehead atoms. The number of nitrogens with one attached hydrogen (secondary N) is 1. The molecule has 4 rings (SSSR count). The zero-order valence-corrected chi connectivity index (χ0v) is 20.5. The first-order chi connectivity index (χ1) is 16.5. The molecule has 0 saturated heterocycles. The molecule has 2 heterocycles. The molecule has 0 aliphatic rings. The van der Waals surface area contributed by atoms with Crippen molar-refractivity contribution in [3.05, 3.63) is 92.3 Å². The van der Waals surface area contributed by atoms with Gasteiger partial charge in [0.25, 0.3) is 5.91 Å². The highest BCUT2D eigenvalue weighted by atomic mass is 32.1. The van der Waals surface area contributed by atoms with E-state index in [1.54, 1.807) is 18.4 Å². The van der Waals surface area contributed by atoms with Crippen LogP contribution in [0.4, 0.5) is 10.1 Å². The van der Waals surface area contributed by atoms with Crippen molar-refractivity contribution in [1.29, 1.82) is 0 Å². The molecule has 1 amide bonds. The van der Waals surface area contributed by atoms with Gasteiger partial charge in [-0.05, 0) is 66.8 Å². The van der Waals surface area contributed by atoms with Crippen molar-refractivity contribution >= 4 is 34.3 Å². The van der Waals surface area contributed by atoms with E-state index in [2.05, 4.69) is 57.0 Å². The number of carbonyl (C=O) groups excluding carboxylic acids is 1. The van der Waals surface area contributed by atoms with Crippen LogP contribution in [0, 0.1) is 5.82 Å². The summed E-state index contributed by atoms with van der Waals surface area (Å²) in [6, 6.07) is 18.1. The van der Waals surface area contributed by atoms with Crippen LogP contribution in [0.25, 0.3) is 0 Å². The van der Waals surface area contributed by atoms with Gasteiger partial charge in [-0.1, -0.05) is 29.5 Å². The fraction of sp³-hybridized carbons (Fsp3) is 0.240. The van der Waals surface area contributed by atoms with Crippen LogP contribution in [-0.4, -0.2) is 34.2 Å². The van der Waals surface area contributed by atoms with Crippen molar-refractivity contribution in [2.45, 2.75) is 32.5 Å². The van der Waals surface area contributed by atoms with Gasteiger partial charge >= 0.3 is 0 Å². The van der Waals surface area contributed by atoms with Crippen LogP contribution in [0.15, 0.2) is 66.0 Å². The van der Waals surface area contributed by atoms with E-state index in [-0.39, 0.29) is 22.8 Å². The fourth-order valence-electron chi connectivity index (χ4n) is 3.48. The molecule has 0 radical (unpaired) electrons. The number of amides is 1. The van der Waals surface area contributed by atoms with Crippen molar-refractivity contribution < 1.29 is 13.9 Å². The van der Waals surface area contributed by atoms with Crippen LogP contribution < -0.4 is 10.1 Å². The number of aromatic nitrogens is 2. The van der Waals surface area contributed by atoms with Crippen LogP contribution in [0.5, 0.6) is 5.75 Å². The molecule has 6 nitrogen and oxygen atoms in total. The summed E-state index contributed by atoms with van der Waals surface area (Å²) in [6.07, 6.45) is 0.921. The number of hydrogen-bond donors (Lipinski definition) is 1. The number of thiophene rings is 1. The monoisotopic (exact) mass is 496 g/mol. The van der Waals surface area contributed by atoms with Crippen LogP contribution in [0.1, 0.15) is 32.2 Å². The lowest BCUT2D eigenvalue weighted by atomic mass is 10.1. The third kappa shape index (κ3) is 6.47. The lowest BCUT2D eigenvalue weighted by molar-refractivity contribution is 0.102. The van der Waals surface area contributed by atoms with E-state index in [1.165, 1.54) is 40.5 Å². The molecule has 176 valence electrons. The first-order valence-electron chi connectivity index (χ1n) is 10.8. The van der Waals surface area contributed by atoms with Gasteiger partial charge in [0.2, 0.25) is 5.01 Å². The SMILES string of the molecule is COc1ccc(CN(Cc2nnc(C(=O)Nc3ccc(F)cc3)s2)[C@@H](C)Cc2cccs2)cc1. The molecule has 34 heavy (non-hydrogen) atoms. The third-order valence-corrected chi connectivity index (χ3v) is 7.15. The minimum Gasteiger partial charge on any atom is -0.497 e. The predicted molar refractivity (Wildman–Crippen MR) is 134 cm³/mol. The van der Waals surface area contributed by atoms with E-state index in [0.717, 1.165) is 29.3 Å². The number of anilines is 1. The zero-order chi connectivity index (χ0) is 23.9. The second-order valence-electron chi connectivity index (χ2n) is 7.85. The van der Waals surface area contributed by atoms with Gasteiger partial charge in [0.15, 0.2) is 0 Å². The number of ether oxygens (including phenoxy) is 1. The summed E-state index contributed by atoms with van der Waals surface area (Å²) in [5.41, 5.74) is 1.67. The molecule has 0 unspecified atom stereocenters. The van der Waals surface area contributed by atoms with Crippen LogP contribution >= 0.6 is 22.7 Å². The summed E-state index contributed by atoms with van der Waals surface area (Å²) in [6.45, 7) is 3.50. The maximum Gasteiger partial charge on any atom is 0.286 e. The number of hydrogen-bond acceptors (Lipinski definition) is 7. The average molecular weight is 497 g/mol. The van der Waals surface area contributed by atoms with Crippen molar-refractivity contribution in [3.63, 3.8) is 0 Å². The van der Waals surface area contributed by atoms with Gasteiger partial charge in [-0.2, -0.15) is 0 Å². The lowest BCUT2D eigenvalue weighted by Gasteiger charge is -2.28. The molecule has 2 aromatic heterocycles. The molecule has 0 aliphatic carbocycles. The van der Waals surface area contributed by atoms with Gasteiger partial charge in [-0.3, -0.25) is 9.69 Å². The van der Waals surface area contributed by atoms with Crippen molar-refractivity contribution in [2.24, 2.45) is 0 Å². The Morgan fingerprint density at radius 3 is 2.53 bits per heavy atom. The van der Waals surface area contributed by atoms with Gasteiger partial charge in [-0.15, -0.1) is 21.5 Å². The van der Waals surface area contributed by atoms with E-state index >= 15 is 0 Å². The maximum atomic E-state index is 13.1. The molecule has 0 spiro atoms. The van der Waals surface area contributed by atoms with E-state index in [9.17, 15) is 9.18 Å². The van der Waals surface area contributed by atoms with Gasteiger partial charge in [0.05, 0.1) is 13.7 Å². The Morgan fingerprint density at radius 1 is 1.09 bits per heavy atom. The first-order valence-corrected chi connectivity index (χ1v) is 12.5. The molecular weight excluding hydrogens is 471 g/mol. The quantitative estimate of drug-likeness (QED) is 0.308. The summed E-state index contributed by atoms with van der Waals surface area (Å²) in [5, 5.41) is 14.2. The molecule has 1 atom stereocenters. The summed E-state index contributed by atoms with van der Waals surface area (Å²) < 4.78 is 18.4. The summed E-state index contributed by atoms with van der Waals surface area (Å²) >= 11 is 3.02. The standard InChI is InChI=1S/C25H25FN4O2S2/c1-17(14-22-4-3-13-33-22)30(15-18-5-11-21(32-2)12-6-18)16-23-28-29-25(34-23)24(31)27-20-9-7-19(26)8-10-20/h3-13,17H,14-16H2,1-2H3,(H,27,31)/t17-/m0/s1. The number of benzene rings is 2. The highest BCUT2D eigenvalue weighted by Crippen LogP contribution is 2.22. The summed E-state index contributed by atoms with van der Waals surface area (Å²) in [7, 11) is 1.66. The normalized spacial score (nSPS) is 12.0. The van der Waals surface area contributed by atoms with Crippen LogP contribution in [-0.2, 0) is 19.5 Å². The molecule has 0 saturated carbocycles. The minimum atomic E-state index is -0.358. The van der Waals surface area contributed by atoms with Crippen LogP contribution in [0.3, 0.4) is 0 Å². The number of carbonyl (C=O) groups is 1. The predicted octanol–water partition coefficient (Wildman–Crippen LogP) is 5.63. The Balaban J connectivity index is 1.46. The van der Waals surface area contributed by atoms with Gasteiger partial charge in [-0.25, -0.2) is 4.39 Å². The second kappa shape index (κ2) is 11.3. The highest BCUT2D eigenvalue weighted by molar-refractivity contribution is 7.13. The van der Waals surface area contributed by atoms with Gasteiger partial charge < -0.3 is 10.1 Å². The van der Waals surface area contributed by atoms with E-state index in [4.69, 9.17) is 4.74 Å². The van der Waals surface area contributed by atoms with Crippen molar-refractivity contribution in [1.82, 2.24) is 15.1 Å². The van der Waals surface area contributed by atoms with Gasteiger partial charge in [0, 0.05) is 23.2 Å². The molecule has 0 fully saturated rings. The summed E-state index contributed by atoms with van der Waals surface area (Å²) in [4.78, 5) is 16.2. The Labute approximate surface area is 206 Å². The van der Waals surface area contributed by atoms with E-state index in [0.29, 0.717) is 12.2 Å². The first kappa shape index (κ1) is 24.0. The minimum absolute atomic E-state index is 0.251. The third-order valence-electron chi connectivity index (χ3n) is 5.35. The average Bonchev–Trinajstić information content (AvgIpc) is 3.53. The largest absolute Gasteiger partial charge is 0.497 e. The number of rotatable bonds is 10. The molecule has 4 aromatic rings. The Morgan fingerprint density at radius 2 is 1.85 bits per heavy atom. The second-order valence-corrected chi connectivity index (χ2v) is 9.94. The molecule has 1 N–H and O–H groups in total. The van der Waals surface area contributed by atoms with Crippen molar-refractivity contribution in [2.75, 3.05) is 12.4 Å².